The summed E-state index contributed by atoms with van der Waals surface area (Å²) >= 11 is 0. The lowest BCUT2D eigenvalue weighted by Gasteiger charge is -2.09. The van der Waals surface area contributed by atoms with Gasteiger partial charge in [0.1, 0.15) is 11.4 Å². The lowest BCUT2D eigenvalue weighted by Crippen LogP contribution is -2.14. The average molecular weight is 323 g/mol. The third-order valence-electron chi connectivity index (χ3n) is 3.48. The van der Waals surface area contributed by atoms with Gasteiger partial charge in [-0.25, -0.2) is 4.98 Å². The summed E-state index contributed by atoms with van der Waals surface area (Å²) in [5.41, 5.74) is 2.34. The third-order valence-corrected chi connectivity index (χ3v) is 3.48. The van der Waals surface area contributed by atoms with Crippen LogP contribution in [0.2, 0.25) is 0 Å². The maximum Gasteiger partial charge on any atom is 0.230 e. The SMILES string of the molecule is CC(C)COc1ccc(NC(=O)Cc2cn3ccccc3n2)cc1. The Morgan fingerprint density at radius 3 is 2.71 bits per heavy atom. The van der Waals surface area contributed by atoms with Crippen LogP contribution in [0.15, 0.2) is 54.9 Å². The lowest BCUT2D eigenvalue weighted by molar-refractivity contribution is -0.115. The van der Waals surface area contributed by atoms with E-state index in [0.29, 0.717) is 12.5 Å². The Morgan fingerprint density at radius 2 is 2.00 bits per heavy atom. The van der Waals surface area contributed by atoms with E-state index in [9.17, 15) is 4.79 Å². The summed E-state index contributed by atoms with van der Waals surface area (Å²) in [5.74, 6) is 1.20. The molecule has 124 valence electrons. The molecule has 0 bridgehead atoms. The second kappa shape index (κ2) is 7.17. The number of nitrogens with one attached hydrogen (secondary N) is 1. The molecule has 0 spiro atoms. The summed E-state index contributed by atoms with van der Waals surface area (Å²) in [7, 11) is 0. The molecule has 0 aliphatic rings. The van der Waals surface area contributed by atoms with Gasteiger partial charge in [-0.3, -0.25) is 4.79 Å². The number of carbonyl (C=O) groups excluding carboxylic acids is 1. The fourth-order valence-corrected chi connectivity index (χ4v) is 2.34. The number of imidazole rings is 1. The molecular formula is C19H21N3O2. The summed E-state index contributed by atoms with van der Waals surface area (Å²) in [4.78, 5) is 16.6. The molecule has 24 heavy (non-hydrogen) atoms. The van der Waals surface area contributed by atoms with E-state index >= 15 is 0 Å². The van der Waals surface area contributed by atoms with Crippen LogP contribution in [0.1, 0.15) is 19.5 Å². The molecule has 5 nitrogen and oxygen atoms in total. The predicted octanol–water partition coefficient (Wildman–Crippen LogP) is 3.55. The number of anilines is 1. The van der Waals surface area contributed by atoms with Crippen LogP contribution in [0.3, 0.4) is 0 Å². The van der Waals surface area contributed by atoms with Crippen LogP contribution < -0.4 is 10.1 Å². The first kappa shape index (κ1) is 16.1. The number of amides is 1. The van der Waals surface area contributed by atoms with Gasteiger partial charge in [-0.05, 0) is 42.3 Å². The Kier molecular flexibility index (Phi) is 4.79. The van der Waals surface area contributed by atoms with Gasteiger partial charge in [-0.2, -0.15) is 0 Å². The van der Waals surface area contributed by atoms with Crippen LogP contribution in [-0.4, -0.2) is 21.9 Å². The van der Waals surface area contributed by atoms with Gasteiger partial charge in [0.25, 0.3) is 0 Å². The Balaban J connectivity index is 1.58. The number of pyridine rings is 1. The van der Waals surface area contributed by atoms with Gasteiger partial charge in [-0.15, -0.1) is 0 Å². The Bertz CT molecular complexity index is 789. The molecule has 0 saturated carbocycles. The number of carbonyl (C=O) groups is 1. The van der Waals surface area contributed by atoms with E-state index < -0.39 is 0 Å². The van der Waals surface area contributed by atoms with Crippen LogP contribution in [-0.2, 0) is 11.2 Å². The summed E-state index contributed by atoms with van der Waals surface area (Å²) in [6.07, 6.45) is 4.03. The summed E-state index contributed by atoms with van der Waals surface area (Å²) in [6, 6.07) is 13.2. The van der Waals surface area contributed by atoms with E-state index in [4.69, 9.17) is 4.74 Å². The van der Waals surface area contributed by atoms with Crippen molar-refractivity contribution >= 4 is 17.2 Å². The highest BCUT2D eigenvalue weighted by atomic mass is 16.5. The maximum absolute atomic E-state index is 12.2. The molecule has 2 aromatic heterocycles. The van der Waals surface area contributed by atoms with Crippen molar-refractivity contribution in [2.75, 3.05) is 11.9 Å². The van der Waals surface area contributed by atoms with Gasteiger partial charge in [0.2, 0.25) is 5.91 Å². The first-order chi connectivity index (χ1) is 11.6. The highest BCUT2D eigenvalue weighted by molar-refractivity contribution is 5.92. The first-order valence-corrected chi connectivity index (χ1v) is 8.05. The molecule has 0 radical (unpaired) electrons. The van der Waals surface area contributed by atoms with Crippen LogP contribution >= 0.6 is 0 Å². The number of hydrogen-bond acceptors (Lipinski definition) is 3. The van der Waals surface area contributed by atoms with E-state index in [-0.39, 0.29) is 12.3 Å². The molecule has 0 aliphatic carbocycles. The zero-order valence-corrected chi connectivity index (χ0v) is 13.9. The fraction of sp³-hybridized carbons (Fsp3) is 0.263. The molecule has 1 N–H and O–H groups in total. The number of nitrogens with zero attached hydrogens (tertiary/aromatic N) is 2. The predicted molar refractivity (Wildman–Crippen MR) is 94.3 cm³/mol. The van der Waals surface area contributed by atoms with Crippen LogP contribution in [0.25, 0.3) is 5.65 Å². The monoisotopic (exact) mass is 323 g/mol. The Labute approximate surface area is 141 Å². The number of aromatic nitrogens is 2. The van der Waals surface area contributed by atoms with E-state index in [0.717, 1.165) is 22.8 Å². The van der Waals surface area contributed by atoms with Crippen molar-refractivity contribution in [3.63, 3.8) is 0 Å². The van der Waals surface area contributed by atoms with Crippen LogP contribution in [0.5, 0.6) is 5.75 Å². The Hall–Kier alpha value is -2.82. The van der Waals surface area contributed by atoms with Gasteiger partial charge in [0, 0.05) is 18.1 Å². The molecule has 0 atom stereocenters. The third kappa shape index (κ3) is 4.13. The minimum absolute atomic E-state index is 0.0887. The molecule has 0 aliphatic heterocycles. The summed E-state index contributed by atoms with van der Waals surface area (Å²) in [6.45, 7) is 4.89. The van der Waals surface area contributed by atoms with E-state index in [1.807, 2.05) is 59.3 Å². The number of hydrogen-bond donors (Lipinski definition) is 1. The van der Waals surface area contributed by atoms with Crippen LogP contribution in [0.4, 0.5) is 5.69 Å². The van der Waals surface area contributed by atoms with Crippen molar-refractivity contribution in [1.29, 1.82) is 0 Å². The number of fused-ring (bicyclic) bond motifs is 1. The topological polar surface area (TPSA) is 55.6 Å². The van der Waals surface area contributed by atoms with Crippen molar-refractivity contribution in [3.05, 3.63) is 60.6 Å². The summed E-state index contributed by atoms with van der Waals surface area (Å²) in [5, 5.41) is 2.88. The quantitative estimate of drug-likeness (QED) is 0.755. The number of benzene rings is 1. The minimum Gasteiger partial charge on any atom is -0.493 e. The molecule has 1 aromatic carbocycles. The van der Waals surface area contributed by atoms with Crippen molar-refractivity contribution in [3.8, 4) is 5.75 Å². The highest BCUT2D eigenvalue weighted by Gasteiger charge is 2.08. The van der Waals surface area contributed by atoms with Gasteiger partial charge in [0.05, 0.1) is 18.7 Å². The van der Waals surface area contributed by atoms with Crippen molar-refractivity contribution in [2.45, 2.75) is 20.3 Å². The molecule has 3 rings (SSSR count). The van der Waals surface area contributed by atoms with Gasteiger partial charge in [-0.1, -0.05) is 19.9 Å². The minimum atomic E-state index is -0.0887. The van der Waals surface area contributed by atoms with Crippen molar-refractivity contribution in [1.82, 2.24) is 9.38 Å². The van der Waals surface area contributed by atoms with E-state index in [1.165, 1.54) is 0 Å². The maximum atomic E-state index is 12.2. The molecule has 1 amide bonds. The largest absolute Gasteiger partial charge is 0.493 e. The van der Waals surface area contributed by atoms with E-state index in [1.54, 1.807) is 0 Å². The molecule has 0 fully saturated rings. The zero-order chi connectivity index (χ0) is 16.9. The zero-order valence-electron chi connectivity index (χ0n) is 13.9. The van der Waals surface area contributed by atoms with Gasteiger partial charge in [0.15, 0.2) is 0 Å². The van der Waals surface area contributed by atoms with Gasteiger partial charge >= 0.3 is 0 Å². The lowest BCUT2D eigenvalue weighted by atomic mass is 10.2. The smallest absolute Gasteiger partial charge is 0.230 e. The standard InChI is InChI=1S/C19H21N3O2/c1-14(2)13-24-17-8-6-15(7-9-17)21-19(23)11-16-12-22-10-4-3-5-18(22)20-16/h3-10,12,14H,11,13H2,1-2H3,(H,21,23). The van der Waals surface area contributed by atoms with Crippen LogP contribution in [0, 0.1) is 5.92 Å². The van der Waals surface area contributed by atoms with E-state index in [2.05, 4.69) is 24.1 Å². The highest BCUT2D eigenvalue weighted by Crippen LogP contribution is 2.17. The second-order valence-corrected chi connectivity index (χ2v) is 6.15. The van der Waals surface area contributed by atoms with Crippen molar-refractivity contribution < 1.29 is 9.53 Å². The normalized spacial score (nSPS) is 11.0. The Morgan fingerprint density at radius 1 is 1.21 bits per heavy atom. The molecular weight excluding hydrogens is 302 g/mol. The fourth-order valence-electron chi connectivity index (χ4n) is 2.34. The number of ether oxygens (including phenoxy) is 1. The molecule has 0 saturated heterocycles. The molecule has 2 heterocycles. The molecule has 0 unspecified atom stereocenters. The van der Waals surface area contributed by atoms with Crippen molar-refractivity contribution in [2.24, 2.45) is 5.92 Å². The first-order valence-electron chi connectivity index (χ1n) is 8.05. The number of rotatable bonds is 6. The second-order valence-electron chi connectivity index (χ2n) is 6.15. The summed E-state index contributed by atoms with van der Waals surface area (Å²) < 4.78 is 7.54. The van der Waals surface area contributed by atoms with Gasteiger partial charge < -0.3 is 14.5 Å². The molecule has 3 aromatic rings. The average Bonchev–Trinajstić information content (AvgIpc) is 2.96. The molecule has 5 heteroatoms.